The van der Waals surface area contributed by atoms with Crippen LogP contribution in [-0.4, -0.2) is 43.8 Å². The molecule has 21 heavy (non-hydrogen) atoms. The van der Waals surface area contributed by atoms with Crippen molar-refractivity contribution in [3.63, 3.8) is 0 Å². The lowest BCUT2D eigenvalue weighted by Crippen LogP contribution is -2.29. The number of aromatic nitrogens is 1. The van der Waals surface area contributed by atoms with Crippen LogP contribution in [0.15, 0.2) is 10.9 Å². The van der Waals surface area contributed by atoms with Crippen LogP contribution in [0, 0.1) is 0 Å². The molecule has 7 nitrogen and oxygen atoms in total. The van der Waals surface area contributed by atoms with Crippen LogP contribution in [0.5, 0.6) is 5.75 Å². The van der Waals surface area contributed by atoms with Crippen molar-refractivity contribution in [1.29, 1.82) is 0 Å². The summed E-state index contributed by atoms with van der Waals surface area (Å²) in [5.74, 6) is -1.53. The fourth-order valence-electron chi connectivity index (χ4n) is 2.74. The van der Waals surface area contributed by atoms with E-state index in [1.807, 2.05) is 0 Å². The summed E-state index contributed by atoms with van der Waals surface area (Å²) in [5, 5.41) is 28.7. The molecule has 0 saturated carbocycles. The summed E-state index contributed by atoms with van der Waals surface area (Å²) in [6, 6.07) is 0.110. The van der Waals surface area contributed by atoms with Crippen LogP contribution in [0.4, 0.5) is 0 Å². The Hall–Kier alpha value is -1.86. The highest BCUT2D eigenvalue weighted by molar-refractivity contribution is 5.71. The van der Waals surface area contributed by atoms with Crippen molar-refractivity contribution in [2.75, 3.05) is 13.1 Å². The number of aliphatic hydroxyl groups is 1. The molecule has 0 aliphatic carbocycles. The molecule has 0 amide bonds. The maximum atomic E-state index is 11.8. The summed E-state index contributed by atoms with van der Waals surface area (Å²) < 4.78 is 1.34. The zero-order chi connectivity index (χ0) is 15.6. The molecule has 1 fully saturated rings. The molecule has 0 spiro atoms. The predicted molar refractivity (Wildman–Crippen MR) is 75.1 cm³/mol. The second-order valence-electron chi connectivity index (χ2n) is 5.32. The molecule has 1 aliphatic rings. The van der Waals surface area contributed by atoms with Crippen molar-refractivity contribution in [2.45, 2.75) is 39.0 Å². The molecule has 1 aromatic heterocycles. The monoisotopic (exact) mass is 296 g/mol. The highest BCUT2D eigenvalue weighted by atomic mass is 16.4. The molecule has 1 aromatic rings. The summed E-state index contributed by atoms with van der Waals surface area (Å²) in [5.41, 5.74) is -0.146. The van der Waals surface area contributed by atoms with E-state index in [0.717, 1.165) is 32.0 Å². The molecule has 1 aliphatic heterocycles. The second kappa shape index (κ2) is 6.28. The fraction of sp³-hybridized carbons (Fsp3) is 0.571. The van der Waals surface area contributed by atoms with E-state index < -0.39 is 29.8 Å². The summed E-state index contributed by atoms with van der Waals surface area (Å²) in [7, 11) is 0. The fourth-order valence-corrected chi connectivity index (χ4v) is 2.74. The first-order valence-corrected chi connectivity index (χ1v) is 6.98. The third-order valence-electron chi connectivity index (χ3n) is 3.88. The number of rotatable bonds is 5. The van der Waals surface area contributed by atoms with Crippen molar-refractivity contribution in [3.05, 3.63) is 27.7 Å². The molecular weight excluding hydrogens is 276 g/mol. The lowest BCUT2D eigenvalue weighted by Gasteiger charge is -2.25. The topological polar surface area (TPSA) is 103 Å². The predicted octanol–water partition coefficient (Wildman–Crippen LogP) is 0.288. The Morgan fingerprint density at radius 3 is 2.52 bits per heavy atom. The average molecular weight is 296 g/mol. The van der Waals surface area contributed by atoms with Crippen molar-refractivity contribution in [2.24, 2.45) is 0 Å². The van der Waals surface area contributed by atoms with E-state index in [0.29, 0.717) is 6.54 Å². The summed E-state index contributed by atoms with van der Waals surface area (Å²) >= 11 is 0. The Morgan fingerprint density at radius 1 is 1.38 bits per heavy atom. The van der Waals surface area contributed by atoms with Gasteiger partial charge < -0.3 is 19.9 Å². The van der Waals surface area contributed by atoms with E-state index in [1.54, 1.807) is 0 Å². The van der Waals surface area contributed by atoms with Crippen molar-refractivity contribution in [3.8, 4) is 5.75 Å². The van der Waals surface area contributed by atoms with Crippen molar-refractivity contribution in [1.82, 2.24) is 9.47 Å². The third-order valence-corrected chi connectivity index (χ3v) is 3.88. The first-order chi connectivity index (χ1) is 9.95. The summed E-state index contributed by atoms with van der Waals surface area (Å²) in [6.45, 7) is 2.99. The number of nitrogens with zero attached hydrogens (tertiary/aromatic N) is 2. The van der Waals surface area contributed by atoms with E-state index in [2.05, 4.69) is 4.90 Å². The minimum Gasteiger partial charge on any atom is -0.503 e. The highest BCUT2D eigenvalue weighted by Gasteiger charge is 2.25. The van der Waals surface area contributed by atoms with Crippen molar-refractivity contribution < 1.29 is 20.1 Å². The highest BCUT2D eigenvalue weighted by Crippen LogP contribution is 2.23. The minimum absolute atomic E-state index is 0.196. The Labute approximate surface area is 122 Å². The van der Waals surface area contributed by atoms with Crippen LogP contribution in [0.1, 0.15) is 37.2 Å². The van der Waals surface area contributed by atoms with Gasteiger partial charge in [0.1, 0.15) is 6.04 Å². The number of aliphatic carboxylic acids is 1. The SMILES string of the molecule is CC(C(=O)O)n1c(CO)cc(=O)c(O)c1CN1CCCC1. The first-order valence-electron chi connectivity index (χ1n) is 6.98. The zero-order valence-corrected chi connectivity index (χ0v) is 11.9. The van der Waals surface area contributed by atoms with Gasteiger partial charge in [-0.05, 0) is 32.9 Å². The molecule has 2 heterocycles. The number of aliphatic hydroxyl groups excluding tert-OH is 1. The van der Waals surface area contributed by atoms with Gasteiger partial charge in [0.15, 0.2) is 5.75 Å². The molecule has 7 heteroatoms. The largest absolute Gasteiger partial charge is 0.503 e. The van der Waals surface area contributed by atoms with E-state index in [9.17, 15) is 24.9 Å². The lowest BCUT2D eigenvalue weighted by molar-refractivity contribution is -0.140. The maximum absolute atomic E-state index is 11.8. The zero-order valence-electron chi connectivity index (χ0n) is 11.9. The molecule has 0 radical (unpaired) electrons. The van der Waals surface area contributed by atoms with E-state index in [-0.39, 0.29) is 11.4 Å². The van der Waals surface area contributed by atoms with Gasteiger partial charge in [0, 0.05) is 18.3 Å². The second-order valence-corrected chi connectivity index (χ2v) is 5.32. The van der Waals surface area contributed by atoms with Gasteiger partial charge in [-0.15, -0.1) is 0 Å². The molecule has 2 rings (SSSR count). The van der Waals surface area contributed by atoms with E-state index in [4.69, 9.17) is 0 Å². The van der Waals surface area contributed by atoms with Gasteiger partial charge in [-0.1, -0.05) is 0 Å². The maximum Gasteiger partial charge on any atom is 0.326 e. The number of hydrogen-bond donors (Lipinski definition) is 3. The molecule has 1 atom stereocenters. The normalized spacial score (nSPS) is 17.0. The average Bonchev–Trinajstić information content (AvgIpc) is 2.95. The van der Waals surface area contributed by atoms with E-state index in [1.165, 1.54) is 11.5 Å². The molecule has 0 bridgehead atoms. The van der Waals surface area contributed by atoms with E-state index >= 15 is 0 Å². The quantitative estimate of drug-likeness (QED) is 0.721. The Bertz CT molecular complexity index is 590. The summed E-state index contributed by atoms with van der Waals surface area (Å²) in [4.78, 5) is 25.1. The third kappa shape index (κ3) is 3.08. The number of hydrogen-bond acceptors (Lipinski definition) is 5. The molecule has 3 N–H and O–H groups in total. The van der Waals surface area contributed by atoms with Crippen LogP contribution >= 0.6 is 0 Å². The van der Waals surface area contributed by atoms with Crippen LogP contribution in [-0.2, 0) is 17.9 Å². The number of pyridine rings is 1. The Balaban J connectivity index is 2.54. The summed E-state index contributed by atoms with van der Waals surface area (Å²) in [6.07, 6.45) is 2.08. The van der Waals surface area contributed by atoms with Gasteiger partial charge in [-0.2, -0.15) is 0 Å². The molecule has 1 saturated heterocycles. The number of carboxylic acids is 1. The van der Waals surface area contributed by atoms with Gasteiger partial charge in [0.25, 0.3) is 0 Å². The van der Waals surface area contributed by atoms with Crippen molar-refractivity contribution >= 4 is 5.97 Å². The van der Waals surface area contributed by atoms with Crippen LogP contribution < -0.4 is 5.43 Å². The van der Waals surface area contributed by atoms with Gasteiger partial charge in [0.05, 0.1) is 12.3 Å². The first kappa shape index (κ1) is 15.5. The molecule has 1 unspecified atom stereocenters. The van der Waals surface area contributed by atoms with Crippen LogP contribution in [0.3, 0.4) is 0 Å². The number of aromatic hydroxyl groups is 1. The molecule has 116 valence electrons. The van der Waals surface area contributed by atoms with Crippen LogP contribution in [0.2, 0.25) is 0 Å². The molecule has 0 aromatic carbocycles. The number of carbonyl (C=O) groups is 1. The van der Waals surface area contributed by atoms with Gasteiger partial charge in [0.2, 0.25) is 5.43 Å². The number of likely N-dealkylation sites (tertiary alicyclic amines) is 1. The number of carboxylic acid groups (broad SMARTS) is 1. The standard InChI is InChI=1S/C14H20N2O5/c1-9(14(20)21)16-10(8-17)6-12(18)13(19)11(16)7-15-4-2-3-5-15/h6,9,17,19H,2-5,7-8H2,1H3,(H,20,21). The van der Waals surface area contributed by atoms with Gasteiger partial charge >= 0.3 is 5.97 Å². The smallest absolute Gasteiger partial charge is 0.326 e. The minimum atomic E-state index is -1.09. The van der Waals surface area contributed by atoms with Gasteiger partial charge in [-0.25, -0.2) is 4.79 Å². The van der Waals surface area contributed by atoms with Gasteiger partial charge in [-0.3, -0.25) is 9.69 Å². The lowest BCUT2D eigenvalue weighted by atomic mass is 10.2. The Kier molecular flexibility index (Phi) is 4.64. The molecular formula is C14H20N2O5. The Morgan fingerprint density at radius 2 is 2.00 bits per heavy atom. The van der Waals surface area contributed by atoms with Crippen LogP contribution in [0.25, 0.3) is 0 Å².